The zero-order chi connectivity index (χ0) is 31.4. The normalized spacial score (nSPS) is 14.0. The summed E-state index contributed by atoms with van der Waals surface area (Å²) in [6.45, 7) is 0. The maximum absolute atomic E-state index is 5.45. The molecule has 0 radical (unpaired) electrons. The Bertz CT molecular complexity index is 2650. The van der Waals surface area contributed by atoms with Gasteiger partial charge in [0.15, 0.2) is 0 Å². The van der Waals surface area contributed by atoms with E-state index < -0.39 is 5.54 Å². The van der Waals surface area contributed by atoms with Crippen LogP contribution in [0.2, 0.25) is 0 Å². The van der Waals surface area contributed by atoms with Gasteiger partial charge in [-0.2, -0.15) is 0 Å². The van der Waals surface area contributed by atoms with Gasteiger partial charge in [-0.15, -0.1) is 0 Å². The molecule has 9 aromatic rings. The first-order valence-corrected chi connectivity index (χ1v) is 16.5. The topological polar surface area (TPSA) is 26.0 Å². The number of fused-ring (bicyclic) bond motifs is 14. The van der Waals surface area contributed by atoms with Crippen LogP contribution in [-0.4, -0.2) is 14.1 Å². The molecule has 0 saturated carbocycles. The molecule has 1 aliphatic heterocycles. The average Bonchev–Trinajstić information content (AvgIpc) is 3.79. The third kappa shape index (κ3) is 3.12. The molecular weight excluding hydrogens is 585 g/mol. The Labute approximate surface area is 277 Å². The number of benzene rings is 7. The lowest BCUT2D eigenvalue weighted by atomic mass is 9.77. The lowest BCUT2D eigenvalue weighted by Crippen LogP contribution is -2.42. The van der Waals surface area contributed by atoms with E-state index in [-0.39, 0.29) is 0 Å². The van der Waals surface area contributed by atoms with E-state index >= 15 is 0 Å². The Hall–Kier alpha value is -6.39. The summed E-state index contributed by atoms with van der Waals surface area (Å²) in [5.74, 6) is 0.903. The highest BCUT2D eigenvalue weighted by molar-refractivity contribution is 6.09. The molecule has 1 spiro atoms. The largest absolute Gasteiger partial charge is 0.309 e. The van der Waals surface area contributed by atoms with Crippen LogP contribution >= 0.6 is 0 Å². The van der Waals surface area contributed by atoms with Crippen LogP contribution in [0.5, 0.6) is 0 Å². The van der Waals surface area contributed by atoms with Crippen LogP contribution in [-0.2, 0) is 5.54 Å². The van der Waals surface area contributed by atoms with Gasteiger partial charge < -0.3 is 4.57 Å². The molecule has 2 aliphatic rings. The van der Waals surface area contributed by atoms with Gasteiger partial charge >= 0.3 is 0 Å². The van der Waals surface area contributed by atoms with Crippen molar-refractivity contribution in [1.29, 1.82) is 0 Å². The predicted molar refractivity (Wildman–Crippen MR) is 196 cm³/mol. The smallest absolute Gasteiger partial charge is 0.217 e. The number of aromatic nitrogens is 3. The molecule has 48 heavy (non-hydrogen) atoms. The summed E-state index contributed by atoms with van der Waals surface area (Å²) in [5.41, 5.74) is 13.5. The molecule has 7 aromatic carbocycles. The van der Waals surface area contributed by atoms with Gasteiger partial charge in [-0.1, -0.05) is 121 Å². The molecule has 4 heteroatoms. The Morgan fingerprint density at radius 2 is 1.00 bits per heavy atom. The highest BCUT2D eigenvalue weighted by Gasteiger charge is 2.53. The molecule has 0 bridgehead atoms. The summed E-state index contributed by atoms with van der Waals surface area (Å²) in [7, 11) is 0. The van der Waals surface area contributed by atoms with Crippen LogP contribution in [0.3, 0.4) is 0 Å². The fourth-order valence-corrected chi connectivity index (χ4v) is 8.65. The second kappa shape index (κ2) is 9.34. The average molecular weight is 613 g/mol. The number of anilines is 3. The van der Waals surface area contributed by atoms with E-state index in [0.29, 0.717) is 0 Å². The van der Waals surface area contributed by atoms with Crippen LogP contribution in [0.15, 0.2) is 170 Å². The molecule has 0 saturated heterocycles. The van der Waals surface area contributed by atoms with E-state index in [4.69, 9.17) is 4.98 Å². The molecule has 1 aliphatic carbocycles. The molecule has 0 fully saturated rings. The summed E-state index contributed by atoms with van der Waals surface area (Å²) in [4.78, 5) is 7.81. The van der Waals surface area contributed by atoms with Crippen LogP contribution in [0.25, 0.3) is 49.7 Å². The molecule has 0 N–H and O–H groups in total. The van der Waals surface area contributed by atoms with E-state index in [0.717, 1.165) is 34.0 Å². The van der Waals surface area contributed by atoms with Gasteiger partial charge in [0.1, 0.15) is 5.54 Å². The van der Waals surface area contributed by atoms with Gasteiger partial charge in [0.05, 0.1) is 27.8 Å². The summed E-state index contributed by atoms with van der Waals surface area (Å²) in [6, 6.07) is 61.7. The Balaban J connectivity index is 1.32. The number of imidazole rings is 1. The van der Waals surface area contributed by atoms with E-state index in [1.165, 1.54) is 49.6 Å². The van der Waals surface area contributed by atoms with E-state index in [1.807, 2.05) is 0 Å². The minimum absolute atomic E-state index is 0.626. The molecule has 3 heterocycles. The van der Waals surface area contributed by atoms with Crippen LogP contribution in [0, 0.1) is 0 Å². The Kier molecular flexibility index (Phi) is 5.01. The number of para-hydroxylation sites is 5. The minimum atomic E-state index is -0.626. The van der Waals surface area contributed by atoms with E-state index in [1.54, 1.807) is 0 Å². The summed E-state index contributed by atoms with van der Waals surface area (Å²) in [6.07, 6.45) is 0. The van der Waals surface area contributed by atoms with Gasteiger partial charge in [0.25, 0.3) is 0 Å². The quantitative estimate of drug-likeness (QED) is 0.194. The van der Waals surface area contributed by atoms with E-state index in [2.05, 4.69) is 184 Å². The van der Waals surface area contributed by atoms with Crippen LogP contribution in [0.1, 0.15) is 16.7 Å². The maximum atomic E-state index is 5.45. The van der Waals surface area contributed by atoms with Gasteiger partial charge in [0.2, 0.25) is 5.95 Å². The van der Waals surface area contributed by atoms with Crippen molar-refractivity contribution in [3.8, 4) is 16.8 Å². The monoisotopic (exact) mass is 612 g/mol. The first-order chi connectivity index (χ1) is 23.8. The number of hydrogen-bond acceptors (Lipinski definition) is 2. The summed E-state index contributed by atoms with van der Waals surface area (Å²) in [5, 5.41) is 2.50. The van der Waals surface area contributed by atoms with Gasteiger partial charge in [-0.05, 0) is 70.8 Å². The fourth-order valence-electron chi connectivity index (χ4n) is 8.65. The second-order valence-corrected chi connectivity index (χ2v) is 12.8. The first kappa shape index (κ1) is 25.8. The van der Waals surface area contributed by atoms with Crippen molar-refractivity contribution in [1.82, 2.24) is 14.1 Å². The van der Waals surface area contributed by atoms with Crippen molar-refractivity contribution < 1.29 is 0 Å². The standard InChI is InChI=1S/C44H28N4/c1-2-14-29(15-3-1)47-42-28-30(46-39-23-11-6-18-33(39)34-19-7-12-24-40(34)46)26-27-37(42)44(48-41-25-13-10-22-38(41)45-43(47)48)35-20-8-4-16-31(35)32-17-5-9-21-36(32)44/h1-28H. The molecule has 11 rings (SSSR count). The maximum Gasteiger partial charge on any atom is 0.217 e. The Morgan fingerprint density at radius 1 is 0.438 bits per heavy atom. The summed E-state index contributed by atoms with van der Waals surface area (Å²) < 4.78 is 4.91. The third-order valence-electron chi connectivity index (χ3n) is 10.5. The molecule has 0 unspecified atom stereocenters. The van der Waals surface area contributed by atoms with Crippen molar-refractivity contribution >= 4 is 50.2 Å². The molecule has 0 amide bonds. The van der Waals surface area contributed by atoms with Crippen molar-refractivity contribution in [3.05, 3.63) is 187 Å². The Morgan fingerprint density at radius 3 is 1.69 bits per heavy atom. The van der Waals surface area contributed by atoms with Gasteiger partial charge in [-0.3, -0.25) is 9.47 Å². The van der Waals surface area contributed by atoms with Crippen molar-refractivity contribution in [2.75, 3.05) is 4.90 Å². The fraction of sp³-hybridized carbons (Fsp3) is 0.0227. The minimum Gasteiger partial charge on any atom is -0.309 e. The molecule has 2 aromatic heterocycles. The van der Waals surface area contributed by atoms with Crippen molar-refractivity contribution in [2.24, 2.45) is 0 Å². The van der Waals surface area contributed by atoms with Crippen LogP contribution in [0.4, 0.5) is 17.3 Å². The van der Waals surface area contributed by atoms with Crippen molar-refractivity contribution in [3.63, 3.8) is 0 Å². The molecule has 224 valence electrons. The lowest BCUT2D eigenvalue weighted by Gasteiger charge is -2.44. The van der Waals surface area contributed by atoms with Crippen molar-refractivity contribution in [2.45, 2.75) is 5.54 Å². The van der Waals surface area contributed by atoms with Crippen LogP contribution < -0.4 is 4.90 Å². The SMILES string of the molecule is c1ccc(N2c3cc(-n4c5ccccc5c5ccccc54)ccc3C3(c4ccccc4-c4ccccc43)n3c2nc2ccccc23)cc1. The number of rotatable bonds is 2. The molecule has 4 nitrogen and oxygen atoms in total. The molecular formula is C44H28N4. The van der Waals surface area contributed by atoms with Gasteiger partial charge in [0, 0.05) is 27.7 Å². The molecule has 0 atom stereocenters. The lowest BCUT2D eigenvalue weighted by molar-refractivity contribution is 0.533. The van der Waals surface area contributed by atoms with Gasteiger partial charge in [-0.25, -0.2) is 4.98 Å². The first-order valence-electron chi connectivity index (χ1n) is 16.5. The predicted octanol–water partition coefficient (Wildman–Crippen LogP) is 10.7. The van der Waals surface area contributed by atoms with E-state index in [9.17, 15) is 0 Å². The second-order valence-electron chi connectivity index (χ2n) is 12.8. The number of hydrogen-bond donors (Lipinski definition) is 0. The number of nitrogens with zero attached hydrogens (tertiary/aromatic N) is 4. The third-order valence-corrected chi connectivity index (χ3v) is 10.5. The zero-order valence-corrected chi connectivity index (χ0v) is 26.0. The summed E-state index contributed by atoms with van der Waals surface area (Å²) >= 11 is 0. The zero-order valence-electron chi connectivity index (χ0n) is 26.0. The highest BCUT2D eigenvalue weighted by Crippen LogP contribution is 2.61. The highest BCUT2D eigenvalue weighted by atomic mass is 15.4.